The number of H-pyrrole nitrogens is 1. The Morgan fingerprint density at radius 3 is 2.59 bits per heavy atom. The molecule has 9 heteroatoms. The van der Waals surface area contributed by atoms with Gasteiger partial charge in [0.25, 0.3) is 5.56 Å². The average molecular weight is 462 g/mol. The van der Waals surface area contributed by atoms with Crippen molar-refractivity contribution in [2.75, 3.05) is 25.5 Å². The van der Waals surface area contributed by atoms with E-state index in [1.54, 1.807) is 26.1 Å². The summed E-state index contributed by atoms with van der Waals surface area (Å²) in [4.78, 5) is 29.8. The zero-order valence-corrected chi connectivity index (χ0v) is 18.3. The fraction of sp³-hybridized carbons (Fsp3) is 0.304. The van der Waals surface area contributed by atoms with Crippen molar-refractivity contribution in [3.8, 4) is 0 Å². The molecule has 1 aliphatic rings. The Balaban J connectivity index is 1.61. The van der Waals surface area contributed by atoms with Gasteiger partial charge in [0, 0.05) is 35.6 Å². The van der Waals surface area contributed by atoms with E-state index in [0.29, 0.717) is 22.8 Å². The third-order valence-electron chi connectivity index (χ3n) is 5.73. The van der Waals surface area contributed by atoms with E-state index in [4.69, 9.17) is 16.3 Å². The van der Waals surface area contributed by atoms with Crippen molar-refractivity contribution in [3.63, 3.8) is 0 Å². The molecule has 4 rings (SSSR count). The van der Waals surface area contributed by atoms with E-state index < -0.39 is 23.2 Å². The van der Waals surface area contributed by atoms with Gasteiger partial charge in [0.15, 0.2) is 11.6 Å². The summed E-state index contributed by atoms with van der Waals surface area (Å²) >= 11 is 5.90. The zero-order chi connectivity index (χ0) is 23.0. The van der Waals surface area contributed by atoms with Gasteiger partial charge in [-0.1, -0.05) is 18.5 Å². The van der Waals surface area contributed by atoms with Crippen LogP contribution in [0.25, 0.3) is 10.8 Å². The highest BCUT2D eigenvalue weighted by Crippen LogP contribution is 2.34. The Bertz CT molecular complexity index is 1230. The molecule has 0 aliphatic carbocycles. The Kier molecular flexibility index (Phi) is 6.17. The number of benzene rings is 2. The molecule has 6 nitrogen and oxygen atoms in total. The van der Waals surface area contributed by atoms with Gasteiger partial charge in [0.2, 0.25) is 5.91 Å². The van der Waals surface area contributed by atoms with E-state index in [9.17, 15) is 18.4 Å². The molecule has 0 saturated heterocycles. The number of rotatable bonds is 5. The molecular formula is C23H22ClF2N3O3. The number of aromatic nitrogens is 1. The highest BCUT2D eigenvalue weighted by molar-refractivity contribution is 6.30. The molecule has 3 aromatic rings. The van der Waals surface area contributed by atoms with Crippen molar-refractivity contribution in [2.24, 2.45) is 5.92 Å². The maximum Gasteiger partial charge on any atom is 0.256 e. The second-order valence-electron chi connectivity index (χ2n) is 7.93. The van der Waals surface area contributed by atoms with Crippen molar-refractivity contribution in [1.82, 2.24) is 9.88 Å². The van der Waals surface area contributed by atoms with Gasteiger partial charge in [0.05, 0.1) is 30.6 Å². The third kappa shape index (κ3) is 4.20. The number of nitrogens with one attached hydrogen (secondary N) is 2. The van der Waals surface area contributed by atoms with E-state index in [-0.39, 0.29) is 35.8 Å². The van der Waals surface area contributed by atoms with E-state index >= 15 is 0 Å². The fourth-order valence-electron chi connectivity index (χ4n) is 3.97. The molecule has 2 atom stereocenters. The first kappa shape index (κ1) is 22.2. The van der Waals surface area contributed by atoms with Gasteiger partial charge in [-0.3, -0.25) is 9.59 Å². The second-order valence-corrected chi connectivity index (χ2v) is 8.36. The minimum absolute atomic E-state index is 0.0350. The first-order valence-corrected chi connectivity index (χ1v) is 10.5. The zero-order valence-electron chi connectivity index (χ0n) is 17.5. The van der Waals surface area contributed by atoms with Crippen LogP contribution < -0.4 is 10.9 Å². The number of carbonyl (C=O) groups is 1. The monoisotopic (exact) mass is 461 g/mol. The number of hydrogen-bond donors (Lipinski definition) is 2. The van der Waals surface area contributed by atoms with Crippen LogP contribution in [-0.2, 0) is 16.1 Å². The second kappa shape index (κ2) is 8.88. The van der Waals surface area contributed by atoms with Crippen LogP contribution in [0.2, 0.25) is 5.02 Å². The smallest absolute Gasteiger partial charge is 0.256 e. The molecule has 0 saturated carbocycles. The summed E-state index contributed by atoms with van der Waals surface area (Å²) in [7, 11) is 1.64. The summed E-state index contributed by atoms with van der Waals surface area (Å²) in [5.41, 5.74) is 1.33. The molecule has 0 radical (unpaired) electrons. The predicted octanol–water partition coefficient (Wildman–Crippen LogP) is 4.24. The summed E-state index contributed by atoms with van der Waals surface area (Å²) in [6.07, 6.45) is 0. The van der Waals surface area contributed by atoms with Gasteiger partial charge in [-0.25, -0.2) is 8.78 Å². The molecule has 1 aromatic heterocycles. The highest BCUT2D eigenvalue weighted by Gasteiger charge is 2.32. The highest BCUT2D eigenvalue weighted by atomic mass is 35.5. The molecule has 0 bridgehead atoms. The van der Waals surface area contributed by atoms with Gasteiger partial charge < -0.3 is 19.9 Å². The minimum Gasteiger partial charge on any atom is -0.384 e. The van der Waals surface area contributed by atoms with Crippen LogP contribution in [0, 0.1) is 17.6 Å². The number of nitrogens with zero attached hydrogens (tertiary/aromatic N) is 1. The van der Waals surface area contributed by atoms with Gasteiger partial charge in [-0.2, -0.15) is 0 Å². The average Bonchev–Trinajstić information content (AvgIpc) is 2.78. The molecule has 2 heterocycles. The fourth-order valence-corrected chi connectivity index (χ4v) is 4.10. The topological polar surface area (TPSA) is 74.4 Å². The lowest BCUT2D eigenvalue weighted by Gasteiger charge is -2.35. The molecule has 0 spiro atoms. The molecule has 2 N–H and O–H groups in total. The summed E-state index contributed by atoms with van der Waals surface area (Å²) in [6.45, 7) is 2.47. The molecule has 32 heavy (non-hydrogen) atoms. The van der Waals surface area contributed by atoms with E-state index in [1.165, 1.54) is 4.90 Å². The summed E-state index contributed by atoms with van der Waals surface area (Å²) in [5.74, 6) is -2.69. The van der Waals surface area contributed by atoms with Crippen LogP contribution in [-0.4, -0.2) is 36.0 Å². The van der Waals surface area contributed by atoms with E-state index in [2.05, 4.69) is 10.3 Å². The number of anilines is 1. The van der Waals surface area contributed by atoms with Crippen molar-refractivity contribution >= 4 is 34.0 Å². The maximum atomic E-state index is 14.0. The van der Waals surface area contributed by atoms with Gasteiger partial charge >= 0.3 is 0 Å². The van der Waals surface area contributed by atoms with Gasteiger partial charge in [-0.05, 0) is 41.8 Å². The molecule has 168 valence electrons. The lowest BCUT2D eigenvalue weighted by molar-refractivity contribution is -0.137. The lowest BCUT2D eigenvalue weighted by Crippen LogP contribution is -2.41. The molecule has 2 aromatic carbocycles. The van der Waals surface area contributed by atoms with Crippen molar-refractivity contribution in [3.05, 3.63) is 74.7 Å². The van der Waals surface area contributed by atoms with Crippen LogP contribution in [0.3, 0.4) is 0 Å². The number of fused-ring (bicyclic) bond motifs is 3. The van der Waals surface area contributed by atoms with E-state index in [1.807, 2.05) is 12.1 Å². The molecule has 1 amide bonds. The number of hydrogen-bond acceptors (Lipinski definition) is 4. The normalized spacial score (nSPS) is 16.5. The first-order valence-electron chi connectivity index (χ1n) is 10.1. The lowest BCUT2D eigenvalue weighted by atomic mass is 9.94. The molecular weight excluding hydrogens is 440 g/mol. The third-order valence-corrected chi connectivity index (χ3v) is 5.99. The van der Waals surface area contributed by atoms with Crippen LogP contribution in [0.15, 0.2) is 41.2 Å². The number of pyridine rings is 1. The van der Waals surface area contributed by atoms with Crippen molar-refractivity contribution in [1.29, 1.82) is 0 Å². The van der Waals surface area contributed by atoms with Crippen LogP contribution in [0.5, 0.6) is 0 Å². The summed E-state index contributed by atoms with van der Waals surface area (Å²) in [6, 6.07) is 8.50. The van der Waals surface area contributed by atoms with Crippen molar-refractivity contribution in [2.45, 2.75) is 19.6 Å². The molecule has 1 unspecified atom stereocenters. The first-order chi connectivity index (χ1) is 15.3. The van der Waals surface area contributed by atoms with Crippen LogP contribution in [0.1, 0.15) is 24.2 Å². The summed E-state index contributed by atoms with van der Waals surface area (Å²) in [5, 5.41) is 4.14. The Morgan fingerprint density at radius 1 is 1.25 bits per heavy atom. The number of amides is 1. The minimum atomic E-state index is -1.10. The number of carbonyl (C=O) groups excluding carboxylic acids is 1. The SMILES string of the molecule is C[C@@H](CNc1ccc(Cl)cc1)C(=O)N(C)C1COCc2[nH]c(=O)c3cc(F)c(F)cc3c21. The number of ether oxygens (including phenoxy) is 1. The van der Waals surface area contributed by atoms with Crippen LogP contribution in [0.4, 0.5) is 14.5 Å². The van der Waals surface area contributed by atoms with Crippen LogP contribution >= 0.6 is 11.6 Å². The van der Waals surface area contributed by atoms with Gasteiger partial charge in [0.1, 0.15) is 0 Å². The van der Waals surface area contributed by atoms with Crippen molar-refractivity contribution < 1.29 is 18.3 Å². The number of aromatic amines is 1. The Morgan fingerprint density at radius 2 is 1.91 bits per heavy atom. The number of likely N-dealkylation sites (N-methyl/N-ethyl adjacent to an activating group) is 1. The van der Waals surface area contributed by atoms with Gasteiger partial charge in [-0.15, -0.1) is 0 Å². The molecule has 1 aliphatic heterocycles. The standard InChI is InChI=1S/C23H22ClF2N3O3/c1-12(9-27-14-5-3-13(24)4-6-14)23(31)29(2)20-11-32-10-19-21(20)15-7-17(25)18(26)8-16(15)22(30)28-19/h3-8,12,20,27H,9-11H2,1-2H3,(H,28,30)/t12-,20?/m0/s1. The molecule has 0 fully saturated rings. The quantitative estimate of drug-likeness (QED) is 0.596. The maximum absolute atomic E-state index is 14.0. The summed E-state index contributed by atoms with van der Waals surface area (Å²) < 4.78 is 33.4. The van der Waals surface area contributed by atoms with E-state index in [0.717, 1.165) is 17.8 Å². The largest absolute Gasteiger partial charge is 0.384 e. The Hall–Kier alpha value is -2.97. The Labute approximate surface area is 188 Å². The number of halogens is 3. The predicted molar refractivity (Wildman–Crippen MR) is 119 cm³/mol.